The highest BCUT2D eigenvalue weighted by Crippen LogP contribution is 2.54. The summed E-state index contributed by atoms with van der Waals surface area (Å²) in [4.78, 5) is 13.7. The molecule has 4 heterocycles. The summed E-state index contributed by atoms with van der Waals surface area (Å²) in [6.07, 6.45) is 5.83. The lowest BCUT2D eigenvalue weighted by Gasteiger charge is -2.44. The number of anilines is 3. The lowest BCUT2D eigenvalue weighted by Crippen LogP contribution is -2.60. The smallest absolute Gasteiger partial charge is 0.256 e. The Morgan fingerprint density at radius 1 is 0.435 bits per heavy atom. The standard InChI is InChI=1S/C80H60BN3O/c1-6-7-28-53(2)60-45-66(72-43-26-41-70(82-72)58-37-22-12-23-38-58)78-68(49-60)81-69-50-62(55-31-16-9-17-32-55)48-67(73-44-27-42-71(83-73)59-39-24-13-25-40-59)79(69)85-75-52-63(80(3,4)5)51-74(76(75)81)84(78)77-64(56-33-18-10-19-34-56)46-61(54-29-14-8-15-30-54)47-65(77)57-35-20-11-21-36-57/h6-52H,1-2H2,3-5H3/b28-7-. The van der Waals surface area contributed by atoms with Crippen LogP contribution in [0.1, 0.15) is 31.9 Å². The molecule has 12 aromatic rings. The molecule has 4 nitrogen and oxygen atoms in total. The number of benzene rings is 10. The van der Waals surface area contributed by atoms with Crippen molar-refractivity contribution in [3.63, 3.8) is 0 Å². The number of fused-ring (bicyclic) bond motifs is 4. The Hall–Kier alpha value is -10.6. The van der Waals surface area contributed by atoms with E-state index in [1.54, 1.807) is 0 Å². The summed E-state index contributed by atoms with van der Waals surface area (Å²) < 4.78 is 7.78. The Kier molecular flexibility index (Phi) is 13.5. The van der Waals surface area contributed by atoms with Gasteiger partial charge in [-0.1, -0.05) is 258 Å². The normalized spacial score (nSPS) is 12.3. The first-order chi connectivity index (χ1) is 41.7. The maximum Gasteiger partial charge on any atom is 0.256 e. The molecule has 0 saturated carbocycles. The van der Waals surface area contributed by atoms with Crippen molar-refractivity contribution in [3.05, 3.63) is 309 Å². The van der Waals surface area contributed by atoms with Crippen molar-refractivity contribution < 1.29 is 4.74 Å². The lowest BCUT2D eigenvalue weighted by atomic mass is 9.33. The summed E-state index contributed by atoms with van der Waals surface area (Å²) in [6, 6.07) is 95.8. The molecule has 2 aromatic heterocycles. The highest BCUT2D eigenvalue weighted by Gasteiger charge is 2.46. The van der Waals surface area contributed by atoms with Gasteiger partial charge in [0.25, 0.3) is 6.71 Å². The summed E-state index contributed by atoms with van der Waals surface area (Å²) in [5, 5.41) is 0. The van der Waals surface area contributed by atoms with Crippen LogP contribution in [0.25, 0.3) is 95.1 Å². The van der Waals surface area contributed by atoms with E-state index in [4.69, 9.17) is 21.3 Å². The molecule has 0 fully saturated rings. The predicted octanol–water partition coefficient (Wildman–Crippen LogP) is 19.3. The van der Waals surface area contributed by atoms with Crippen molar-refractivity contribution in [1.29, 1.82) is 0 Å². The molecule has 85 heavy (non-hydrogen) atoms. The van der Waals surface area contributed by atoms with Crippen LogP contribution < -0.4 is 26.0 Å². The molecule has 0 saturated heterocycles. The van der Waals surface area contributed by atoms with Crippen LogP contribution in [0.15, 0.2) is 298 Å². The van der Waals surface area contributed by atoms with Gasteiger partial charge in [-0.2, -0.15) is 0 Å². The van der Waals surface area contributed by atoms with Crippen LogP contribution in [0, 0.1) is 0 Å². The van der Waals surface area contributed by atoms with E-state index in [0.29, 0.717) is 0 Å². The van der Waals surface area contributed by atoms with Crippen molar-refractivity contribution in [1.82, 2.24) is 9.97 Å². The first-order valence-corrected chi connectivity index (χ1v) is 29.1. The van der Waals surface area contributed by atoms with Crippen LogP contribution >= 0.6 is 0 Å². The molecular weight excluding hydrogens is 1030 g/mol. The minimum atomic E-state index is -0.370. The summed E-state index contributed by atoms with van der Waals surface area (Å²) in [6.45, 7) is 15.4. The number of hydrogen-bond donors (Lipinski definition) is 0. The second-order valence-corrected chi connectivity index (χ2v) is 23.0. The van der Waals surface area contributed by atoms with Crippen molar-refractivity contribution in [3.8, 4) is 101 Å². The number of pyridine rings is 2. The fraction of sp³-hybridized carbons (Fsp3) is 0.0500. The van der Waals surface area contributed by atoms with Gasteiger partial charge in [-0.05, 0) is 133 Å². The number of aromatic nitrogens is 2. The molecule has 0 amide bonds. The van der Waals surface area contributed by atoms with Gasteiger partial charge in [0.05, 0.1) is 34.2 Å². The van der Waals surface area contributed by atoms with Gasteiger partial charge in [0.1, 0.15) is 11.5 Å². The van der Waals surface area contributed by atoms with E-state index in [9.17, 15) is 0 Å². The fourth-order valence-electron chi connectivity index (χ4n) is 12.4. The van der Waals surface area contributed by atoms with E-state index in [1.807, 2.05) is 18.2 Å². The molecule has 0 aliphatic carbocycles. The van der Waals surface area contributed by atoms with Crippen LogP contribution in [-0.4, -0.2) is 16.7 Å². The molecule has 2 aliphatic rings. The van der Waals surface area contributed by atoms with Gasteiger partial charge in [-0.3, -0.25) is 0 Å². The molecular formula is C80H60BN3O. The van der Waals surface area contributed by atoms with Gasteiger partial charge in [0.2, 0.25) is 0 Å². The summed E-state index contributed by atoms with van der Waals surface area (Å²) >= 11 is 0. The Labute approximate surface area is 499 Å². The van der Waals surface area contributed by atoms with E-state index in [2.05, 4.69) is 299 Å². The predicted molar refractivity (Wildman–Crippen MR) is 358 cm³/mol. The molecule has 10 aromatic carbocycles. The molecule has 0 radical (unpaired) electrons. The minimum Gasteiger partial charge on any atom is -0.458 e. The Morgan fingerprint density at radius 3 is 1.40 bits per heavy atom. The van der Waals surface area contributed by atoms with Gasteiger partial charge in [-0.15, -0.1) is 0 Å². The number of nitrogens with zero attached hydrogens (tertiary/aromatic N) is 3. The average molecular weight is 1090 g/mol. The number of allylic oxidation sites excluding steroid dienone is 4. The zero-order valence-electron chi connectivity index (χ0n) is 47.9. The molecule has 5 heteroatoms. The highest BCUT2D eigenvalue weighted by molar-refractivity contribution is 6.99. The third-order valence-electron chi connectivity index (χ3n) is 16.5. The fourth-order valence-corrected chi connectivity index (χ4v) is 12.4. The molecule has 2 aliphatic heterocycles. The molecule has 0 N–H and O–H groups in total. The zero-order chi connectivity index (χ0) is 57.6. The van der Waals surface area contributed by atoms with E-state index >= 15 is 0 Å². The quantitative estimate of drug-likeness (QED) is 0.0903. The zero-order valence-corrected chi connectivity index (χ0v) is 47.9. The van der Waals surface area contributed by atoms with Crippen LogP contribution in [0.2, 0.25) is 0 Å². The molecule has 0 unspecified atom stereocenters. The topological polar surface area (TPSA) is 38.2 Å². The third-order valence-corrected chi connectivity index (χ3v) is 16.5. The number of rotatable bonds is 12. The first kappa shape index (κ1) is 52.5. The summed E-state index contributed by atoms with van der Waals surface area (Å²) in [5.74, 6) is 1.57. The van der Waals surface area contributed by atoms with Crippen molar-refractivity contribution in [2.45, 2.75) is 26.2 Å². The van der Waals surface area contributed by atoms with Crippen LogP contribution in [0.4, 0.5) is 17.1 Å². The monoisotopic (exact) mass is 1090 g/mol. The van der Waals surface area contributed by atoms with E-state index in [-0.39, 0.29) is 12.1 Å². The van der Waals surface area contributed by atoms with E-state index < -0.39 is 0 Å². The van der Waals surface area contributed by atoms with E-state index in [0.717, 1.165) is 151 Å². The SMILES string of the molecule is C=C/C=C\C(=C)c1cc2c(c(-c3cccc(-c4ccccc4)n3)c1)N(c1c(-c3ccccc3)cc(-c3ccccc3)cc1-c1ccccc1)c1cc(C(C)(C)C)cc3c1B2c1cc(-c2ccccc2)cc(-c2cccc(-c4ccccc4)n2)c1O3. The van der Waals surface area contributed by atoms with Gasteiger partial charge >= 0.3 is 0 Å². The third kappa shape index (κ3) is 9.80. The maximum atomic E-state index is 7.78. The largest absolute Gasteiger partial charge is 0.458 e. The Balaban J connectivity index is 1.17. The van der Waals surface area contributed by atoms with Gasteiger partial charge in [-0.25, -0.2) is 9.97 Å². The van der Waals surface area contributed by atoms with Crippen molar-refractivity contribution in [2.24, 2.45) is 0 Å². The van der Waals surface area contributed by atoms with Crippen molar-refractivity contribution >= 4 is 45.7 Å². The van der Waals surface area contributed by atoms with E-state index in [1.165, 1.54) is 0 Å². The first-order valence-electron chi connectivity index (χ1n) is 29.1. The lowest BCUT2D eigenvalue weighted by molar-refractivity contribution is 0.485. The maximum absolute atomic E-state index is 7.78. The van der Waals surface area contributed by atoms with Gasteiger partial charge < -0.3 is 9.64 Å². The molecule has 0 spiro atoms. The van der Waals surface area contributed by atoms with Gasteiger partial charge in [0, 0.05) is 39.1 Å². The Bertz CT molecular complexity index is 4490. The highest BCUT2D eigenvalue weighted by atomic mass is 16.5. The second kappa shape index (κ2) is 21.9. The second-order valence-electron chi connectivity index (χ2n) is 23.0. The summed E-state index contributed by atoms with van der Waals surface area (Å²) in [7, 11) is 0. The van der Waals surface area contributed by atoms with Crippen LogP contribution in [0.5, 0.6) is 11.5 Å². The minimum absolute atomic E-state index is 0.308. The average Bonchev–Trinajstić information content (AvgIpc) is 1.12. The van der Waals surface area contributed by atoms with Crippen molar-refractivity contribution in [2.75, 3.05) is 4.90 Å². The molecule has 14 rings (SSSR count). The Morgan fingerprint density at radius 2 is 0.894 bits per heavy atom. The number of hydrogen-bond acceptors (Lipinski definition) is 4. The summed E-state index contributed by atoms with van der Waals surface area (Å²) in [5.41, 5.74) is 25.0. The van der Waals surface area contributed by atoms with Gasteiger partial charge in [0.15, 0.2) is 0 Å². The molecule has 404 valence electrons. The molecule has 0 atom stereocenters. The van der Waals surface area contributed by atoms with Crippen LogP contribution in [-0.2, 0) is 5.41 Å². The number of ether oxygens (including phenoxy) is 1. The molecule has 0 bridgehead atoms. The van der Waals surface area contributed by atoms with Crippen LogP contribution in [0.3, 0.4) is 0 Å².